The molecule has 2 fully saturated rings. The average Bonchev–Trinajstić information content (AvgIpc) is 3.13. The SMILES string of the molecule is O=C(NCc1nn[nH]n1)[C@@H]1CCC(=O)N(CCN2CCOCC2)C1. The summed E-state index contributed by atoms with van der Waals surface area (Å²) < 4.78 is 5.33. The van der Waals surface area contributed by atoms with Crippen molar-refractivity contribution in [3.05, 3.63) is 5.82 Å². The monoisotopic (exact) mass is 337 g/mol. The molecule has 1 atom stereocenters. The van der Waals surface area contributed by atoms with E-state index in [1.807, 2.05) is 0 Å². The lowest BCUT2D eigenvalue weighted by molar-refractivity contribution is -0.138. The van der Waals surface area contributed by atoms with Gasteiger partial charge in [-0.25, -0.2) is 0 Å². The van der Waals surface area contributed by atoms with Crippen molar-refractivity contribution in [1.82, 2.24) is 35.7 Å². The standard InChI is InChI=1S/C14H23N7O3/c22-13-2-1-11(14(23)15-9-12-16-18-19-17-12)10-21(13)4-3-20-5-7-24-8-6-20/h11H,1-10H2,(H,15,23)(H,16,17,18,19)/t11-/m1/s1. The number of tetrazole rings is 1. The Morgan fingerprint density at radius 1 is 1.33 bits per heavy atom. The Bertz CT molecular complexity index is 545. The van der Waals surface area contributed by atoms with Crippen molar-refractivity contribution in [2.75, 3.05) is 45.9 Å². The maximum absolute atomic E-state index is 12.3. The summed E-state index contributed by atoms with van der Waals surface area (Å²) >= 11 is 0. The van der Waals surface area contributed by atoms with Gasteiger partial charge in [-0.2, -0.15) is 5.21 Å². The quantitative estimate of drug-likeness (QED) is 0.641. The molecule has 2 N–H and O–H groups in total. The topological polar surface area (TPSA) is 116 Å². The summed E-state index contributed by atoms with van der Waals surface area (Å²) in [6.07, 6.45) is 1.01. The van der Waals surface area contributed by atoms with Gasteiger partial charge in [0.25, 0.3) is 0 Å². The van der Waals surface area contributed by atoms with E-state index < -0.39 is 0 Å². The van der Waals surface area contributed by atoms with Gasteiger partial charge in [-0.15, -0.1) is 10.2 Å². The summed E-state index contributed by atoms with van der Waals surface area (Å²) in [7, 11) is 0. The van der Waals surface area contributed by atoms with Crippen LogP contribution in [-0.4, -0.2) is 88.2 Å². The van der Waals surface area contributed by atoms with Crippen LogP contribution in [-0.2, 0) is 20.9 Å². The molecule has 0 saturated carbocycles. The number of H-pyrrole nitrogens is 1. The summed E-state index contributed by atoms with van der Waals surface area (Å²) in [6.45, 7) is 5.49. The fourth-order valence-electron chi connectivity index (χ4n) is 3.00. The van der Waals surface area contributed by atoms with Gasteiger partial charge in [0.1, 0.15) is 0 Å². The first kappa shape index (κ1) is 16.8. The fourth-order valence-corrected chi connectivity index (χ4v) is 3.00. The predicted molar refractivity (Wildman–Crippen MR) is 82.6 cm³/mol. The van der Waals surface area contributed by atoms with Gasteiger partial charge in [-0.1, -0.05) is 5.21 Å². The number of rotatable bonds is 6. The molecule has 2 saturated heterocycles. The Hall–Kier alpha value is -2.07. The first-order chi connectivity index (χ1) is 11.7. The second-order valence-corrected chi connectivity index (χ2v) is 6.08. The molecule has 10 nitrogen and oxygen atoms in total. The summed E-state index contributed by atoms with van der Waals surface area (Å²) in [4.78, 5) is 28.5. The number of morpholine rings is 1. The number of amides is 2. The van der Waals surface area contributed by atoms with Crippen LogP contribution in [0.15, 0.2) is 0 Å². The molecule has 132 valence electrons. The van der Waals surface area contributed by atoms with Gasteiger partial charge in [0.2, 0.25) is 11.8 Å². The molecule has 2 aliphatic heterocycles. The molecule has 1 aromatic heterocycles. The zero-order valence-electron chi connectivity index (χ0n) is 13.6. The highest BCUT2D eigenvalue weighted by Crippen LogP contribution is 2.18. The van der Waals surface area contributed by atoms with E-state index in [0.29, 0.717) is 31.8 Å². The summed E-state index contributed by atoms with van der Waals surface area (Å²) in [5.74, 6) is 0.327. The second-order valence-electron chi connectivity index (χ2n) is 6.08. The number of carbonyl (C=O) groups is 2. The minimum atomic E-state index is -0.181. The number of nitrogens with zero attached hydrogens (tertiary/aromatic N) is 5. The third-order valence-electron chi connectivity index (χ3n) is 4.47. The van der Waals surface area contributed by atoms with Crippen molar-refractivity contribution in [3.63, 3.8) is 0 Å². The smallest absolute Gasteiger partial charge is 0.225 e. The Morgan fingerprint density at radius 2 is 2.17 bits per heavy atom. The Labute approximate surface area is 139 Å². The molecule has 0 spiro atoms. The normalized spacial score (nSPS) is 22.6. The van der Waals surface area contributed by atoms with Gasteiger partial charge < -0.3 is 15.0 Å². The van der Waals surface area contributed by atoms with Crippen LogP contribution in [0.5, 0.6) is 0 Å². The number of hydrogen-bond acceptors (Lipinski definition) is 7. The van der Waals surface area contributed by atoms with Gasteiger partial charge in [-0.05, 0) is 6.42 Å². The summed E-state index contributed by atoms with van der Waals surface area (Å²) in [5, 5.41) is 16.2. The van der Waals surface area contributed by atoms with E-state index in [-0.39, 0.29) is 24.3 Å². The van der Waals surface area contributed by atoms with Crippen molar-refractivity contribution in [2.24, 2.45) is 5.92 Å². The number of carbonyl (C=O) groups excluding carboxylic acids is 2. The first-order valence-electron chi connectivity index (χ1n) is 8.30. The number of hydrogen-bond donors (Lipinski definition) is 2. The molecule has 0 aliphatic carbocycles. The maximum Gasteiger partial charge on any atom is 0.225 e. The molecule has 0 unspecified atom stereocenters. The van der Waals surface area contributed by atoms with Crippen molar-refractivity contribution in [3.8, 4) is 0 Å². The van der Waals surface area contributed by atoms with Crippen LogP contribution in [0.3, 0.4) is 0 Å². The molecular formula is C14H23N7O3. The number of ether oxygens (including phenoxy) is 1. The number of piperidine rings is 1. The zero-order valence-corrected chi connectivity index (χ0v) is 13.6. The van der Waals surface area contributed by atoms with Crippen molar-refractivity contribution < 1.29 is 14.3 Å². The molecule has 24 heavy (non-hydrogen) atoms. The molecule has 2 amide bonds. The number of likely N-dealkylation sites (tertiary alicyclic amines) is 1. The van der Waals surface area contributed by atoms with E-state index in [9.17, 15) is 9.59 Å². The van der Waals surface area contributed by atoms with E-state index in [2.05, 4.69) is 30.8 Å². The lowest BCUT2D eigenvalue weighted by Gasteiger charge is -2.34. The highest BCUT2D eigenvalue weighted by molar-refractivity contribution is 5.83. The molecule has 3 heterocycles. The number of aromatic amines is 1. The maximum atomic E-state index is 12.3. The number of aromatic nitrogens is 4. The molecule has 10 heteroatoms. The highest BCUT2D eigenvalue weighted by Gasteiger charge is 2.30. The second kappa shape index (κ2) is 8.15. The van der Waals surface area contributed by atoms with Gasteiger partial charge in [0.15, 0.2) is 5.82 Å². The molecule has 3 rings (SSSR count). The largest absolute Gasteiger partial charge is 0.379 e. The van der Waals surface area contributed by atoms with Crippen LogP contribution in [0, 0.1) is 5.92 Å². The predicted octanol–water partition coefficient (Wildman–Crippen LogP) is -1.61. The fraction of sp³-hybridized carbons (Fsp3) is 0.786. The first-order valence-corrected chi connectivity index (χ1v) is 8.30. The van der Waals surface area contributed by atoms with Crippen molar-refractivity contribution in [2.45, 2.75) is 19.4 Å². The van der Waals surface area contributed by atoms with E-state index in [4.69, 9.17) is 4.74 Å². The lowest BCUT2D eigenvalue weighted by Crippen LogP contribution is -2.49. The van der Waals surface area contributed by atoms with Gasteiger partial charge >= 0.3 is 0 Å². The third-order valence-corrected chi connectivity index (χ3v) is 4.47. The van der Waals surface area contributed by atoms with Gasteiger partial charge in [0, 0.05) is 39.1 Å². The number of nitrogens with one attached hydrogen (secondary N) is 2. The minimum absolute atomic E-state index is 0.0660. The molecule has 0 radical (unpaired) electrons. The van der Waals surface area contributed by atoms with E-state index in [0.717, 1.165) is 32.8 Å². The van der Waals surface area contributed by atoms with Crippen LogP contribution in [0.2, 0.25) is 0 Å². The molecule has 0 aromatic carbocycles. The van der Waals surface area contributed by atoms with Crippen LogP contribution >= 0.6 is 0 Å². The summed E-state index contributed by atoms with van der Waals surface area (Å²) in [5.41, 5.74) is 0. The Balaban J connectivity index is 1.45. The zero-order chi connectivity index (χ0) is 16.8. The molecule has 0 bridgehead atoms. The molecule has 2 aliphatic rings. The van der Waals surface area contributed by atoms with Crippen molar-refractivity contribution in [1.29, 1.82) is 0 Å². The Morgan fingerprint density at radius 3 is 2.92 bits per heavy atom. The summed E-state index contributed by atoms with van der Waals surface area (Å²) in [6, 6.07) is 0. The molecular weight excluding hydrogens is 314 g/mol. The average molecular weight is 337 g/mol. The van der Waals surface area contributed by atoms with E-state index in [1.54, 1.807) is 4.90 Å². The van der Waals surface area contributed by atoms with Gasteiger partial charge in [-0.3, -0.25) is 14.5 Å². The van der Waals surface area contributed by atoms with Crippen LogP contribution in [0.1, 0.15) is 18.7 Å². The molecule has 1 aromatic rings. The third kappa shape index (κ3) is 4.48. The van der Waals surface area contributed by atoms with Crippen LogP contribution in [0.4, 0.5) is 0 Å². The highest BCUT2D eigenvalue weighted by atomic mass is 16.5. The van der Waals surface area contributed by atoms with Crippen LogP contribution in [0.25, 0.3) is 0 Å². The van der Waals surface area contributed by atoms with E-state index >= 15 is 0 Å². The minimum Gasteiger partial charge on any atom is -0.379 e. The van der Waals surface area contributed by atoms with E-state index in [1.165, 1.54) is 0 Å². The lowest BCUT2D eigenvalue weighted by atomic mass is 9.96. The van der Waals surface area contributed by atoms with Gasteiger partial charge in [0.05, 0.1) is 25.7 Å². The Kier molecular flexibility index (Phi) is 5.70. The van der Waals surface area contributed by atoms with Crippen molar-refractivity contribution >= 4 is 11.8 Å². The van der Waals surface area contributed by atoms with Crippen LogP contribution < -0.4 is 5.32 Å².